The van der Waals surface area contributed by atoms with E-state index in [-0.39, 0.29) is 0 Å². The van der Waals surface area contributed by atoms with Gasteiger partial charge in [-0.25, -0.2) is 0 Å². The van der Waals surface area contributed by atoms with E-state index in [4.69, 9.17) is 14.4 Å². The zero-order valence-electron chi connectivity index (χ0n) is 10.9. The van der Waals surface area contributed by atoms with Gasteiger partial charge in [-0.2, -0.15) is 17.0 Å². The van der Waals surface area contributed by atoms with Crippen molar-refractivity contribution in [2.45, 2.75) is 11.0 Å². The number of ether oxygens (including phenoxy) is 1. The number of nitrogens with zero attached hydrogens (tertiary/aromatic N) is 3. The first-order valence-electron chi connectivity index (χ1n) is 5.89. The van der Waals surface area contributed by atoms with Crippen LogP contribution in [-0.2, 0) is 5.75 Å². The first-order valence-corrected chi connectivity index (χ1v) is 8.27. The summed E-state index contributed by atoms with van der Waals surface area (Å²) in [7, 11) is 0. The van der Waals surface area contributed by atoms with Crippen LogP contribution in [0.1, 0.15) is 11.5 Å². The maximum atomic E-state index is 8.79. The fraction of sp³-hybridized carbons (Fsp3) is 0.308. The Bertz CT molecular complexity index is 595. The molecule has 0 spiro atoms. The lowest BCUT2D eigenvalue weighted by atomic mass is 10.2. The van der Waals surface area contributed by atoms with Gasteiger partial charge in [0.15, 0.2) is 0 Å². The van der Waals surface area contributed by atoms with Crippen LogP contribution in [0.25, 0.3) is 0 Å². The Hall–Kier alpha value is -1.65. The van der Waals surface area contributed by atoms with Gasteiger partial charge in [0.05, 0.1) is 24.0 Å². The molecule has 0 unspecified atom stereocenters. The smallest absolute Gasteiger partial charge is 0.276 e. The van der Waals surface area contributed by atoms with Crippen molar-refractivity contribution in [2.24, 2.45) is 0 Å². The minimum Gasteiger partial charge on any atom is -0.493 e. The lowest BCUT2D eigenvalue weighted by Gasteiger charge is -2.04. The summed E-state index contributed by atoms with van der Waals surface area (Å²) >= 11 is 3.10. The van der Waals surface area contributed by atoms with Crippen molar-refractivity contribution in [2.75, 3.05) is 18.6 Å². The Kier molecular flexibility index (Phi) is 5.77. The molecular weight excluding hydrogens is 294 g/mol. The predicted molar refractivity (Wildman–Crippen MR) is 78.9 cm³/mol. The minimum atomic E-state index is 0.514. The minimum absolute atomic E-state index is 0.514. The van der Waals surface area contributed by atoms with Gasteiger partial charge in [-0.3, -0.25) is 0 Å². The average molecular weight is 307 g/mol. The Balaban J connectivity index is 1.74. The van der Waals surface area contributed by atoms with Gasteiger partial charge >= 0.3 is 0 Å². The molecule has 5 nitrogen and oxygen atoms in total. The number of rotatable bonds is 7. The molecule has 0 radical (unpaired) electrons. The van der Waals surface area contributed by atoms with Crippen molar-refractivity contribution in [1.29, 1.82) is 5.26 Å². The van der Waals surface area contributed by atoms with Gasteiger partial charge in [0, 0.05) is 5.75 Å². The molecule has 0 amide bonds. The fourth-order valence-electron chi connectivity index (χ4n) is 1.42. The Morgan fingerprint density at radius 1 is 1.40 bits per heavy atom. The van der Waals surface area contributed by atoms with Crippen molar-refractivity contribution in [1.82, 2.24) is 10.2 Å². The van der Waals surface area contributed by atoms with E-state index in [2.05, 4.69) is 16.3 Å². The average Bonchev–Trinajstić information content (AvgIpc) is 2.92. The lowest BCUT2D eigenvalue weighted by Crippen LogP contribution is -2.00. The SMILES string of the molecule is CSCc1nnc(SCCOc2cccc(C#N)c2)o1. The first-order chi connectivity index (χ1) is 9.81. The van der Waals surface area contributed by atoms with Crippen LogP contribution in [0.5, 0.6) is 5.75 Å². The van der Waals surface area contributed by atoms with Crippen LogP contribution in [0.2, 0.25) is 0 Å². The molecule has 2 rings (SSSR count). The molecule has 1 heterocycles. The van der Waals surface area contributed by atoms with E-state index >= 15 is 0 Å². The van der Waals surface area contributed by atoms with E-state index in [0.717, 1.165) is 5.75 Å². The van der Waals surface area contributed by atoms with Gasteiger partial charge in [0.1, 0.15) is 5.75 Å². The molecular formula is C13H13N3O2S2. The van der Waals surface area contributed by atoms with Crippen LogP contribution < -0.4 is 4.74 Å². The summed E-state index contributed by atoms with van der Waals surface area (Å²) in [5, 5.41) is 17.2. The molecule has 20 heavy (non-hydrogen) atoms. The van der Waals surface area contributed by atoms with Gasteiger partial charge in [-0.05, 0) is 24.5 Å². The largest absolute Gasteiger partial charge is 0.493 e. The second-order valence-corrected chi connectivity index (χ2v) is 5.64. The van der Waals surface area contributed by atoms with Gasteiger partial charge in [0.2, 0.25) is 5.89 Å². The van der Waals surface area contributed by atoms with Crippen LogP contribution >= 0.6 is 23.5 Å². The quantitative estimate of drug-likeness (QED) is 0.575. The molecule has 0 aliphatic heterocycles. The van der Waals surface area contributed by atoms with Gasteiger partial charge < -0.3 is 9.15 Å². The molecule has 2 aromatic rings. The normalized spacial score (nSPS) is 10.2. The Morgan fingerprint density at radius 2 is 2.30 bits per heavy atom. The van der Waals surface area contributed by atoms with Crippen molar-refractivity contribution in [3.63, 3.8) is 0 Å². The summed E-state index contributed by atoms with van der Waals surface area (Å²) in [6.45, 7) is 0.514. The van der Waals surface area contributed by atoms with Crippen LogP contribution in [0.3, 0.4) is 0 Å². The standard InChI is InChI=1S/C13H13N3O2S2/c1-19-9-12-15-16-13(18-12)20-6-5-17-11-4-2-3-10(7-11)8-14/h2-4,7H,5-6,9H2,1H3. The highest BCUT2D eigenvalue weighted by Crippen LogP contribution is 2.18. The summed E-state index contributed by atoms with van der Waals surface area (Å²) in [6.07, 6.45) is 1.99. The highest BCUT2D eigenvalue weighted by Gasteiger charge is 2.05. The number of nitriles is 1. The van der Waals surface area contributed by atoms with E-state index < -0.39 is 0 Å². The van der Waals surface area contributed by atoms with E-state index in [1.54, 1.807) is 30.0 Å². The summed E-state index contributed by atoms with van der Waals surface area (Å²) in [5.41, 5.74) is 0.591. The molecule has 0 atom stereocenters. The predicted octanol–water partition coefficient (Wildman–Crippen LogP) is 2.98. The number of hydrogen-bond acceptors (Lipinski definition) is 7. The Morgan fingerprint density at radius 3 is 3.10 bits per heavy atom. The Labute approximate surface area is 125 Å². The maximum Gasteiger partial charge on any atom is 0.276 e. The third-order valence-electron chi connectivity index (χ3n) is 2.26. The zero-order valence-corrected chi connectivity index (χ0v) is 12.5. The van der Waals surface area contributed by atoms with Gasteiger partial charge in [-0.1, -0.05) is 17.8 Å². The summed E-state index contributed by atoms with van der Waals surface area (Å²) in [6, 6.07) is 9.16. The van der Waals surface area contributed by atoms with Crippen molar-refractivity contribution >= 4 is 23.5 Å². The number of aromatic nitrogens is 2. The molecule has 0 saturated heterocycles. The molecule has 0 aliphatic carbocycles. The molecule has 0 fully saturated rings. The third kappa shape index (κ3) is 4.47. The van der Waals surface area contributed by atoms with E-state index in [0.29, 0.717) is 34.8 Å². The van der Waals surface area contributed by atoms with Crippen LogP contribution in [0.15, 0.2) is 33.9 Å². The van der Waals surface area contributed by atoms with Crippen LogP contribution in [0, 0.1) is 11.3 Å². The highest BCUT2D eigenvalue weighted by atomic mass is 32.2. The highest BCUT2D eigenvalue weighted by molar-refractivity contribution is 7.99. The molecule has 0 saturated carbocycles. The van der Waals surface area contributed by atoms with Crippen molar-refractivity contribution < 1.29 is 9.15 Å². The summed E-state index contributed by atoms with van der Waals surface area (Å²) in [4.78, 5) is 0. The second-order valence-electron chi connectivity index (χ2n) is 3.73. The molecule has 7 heteroatoms. The number of thioether (sulfide) groups is 2. The lowest BCUT2D eigenvalue weighted by molar-refractivity contribution is 0.343. The maximum absolute atomic E-state index is 8.79. The van der Waals surface area contributed by atoms with Crippen molar-refractivity contribution in [3.05, 3.63) is 35.7 Å². The fourth-order valence-corrected chi connectivity index (χ4v) is 2.38. The van der Waals surface area contributed by atoms with Crippen LogP contribution in [-0.4, -0.2) is 28.8 Å². The van der Waals surface area contributed by atoms with Crippen LogP contribution in [0.4, 0.5) is 0 Å². The van der Waals surface area contributed by atoms with Gasteiger partial charge in [0.25, 0.3) is 5.22 Å². The number of benzene rings is 1. The number of hydrogen-bond donors (Lipinski definition) is 0. The molecule has 1 aromatic heterocycles. The van der Waals surface area contributed by atoms with Crippen molar-refractivity contribution in [3.8, 4) is 11.8 Å². The van der Waals surface area contributed by atoms with Gasteiger partial charge in [-0.15, -0.1) is 10.2 Å². The summed E-state index contributed by atoms with van der Waals surface area (Å²) in [5.74, 6) is 2.77. The van der Waals surface area contributed by atoms with E-state index in [9.17, 15) is 0 Å². The zero-order chi connectivity index (χ0) is 14.2. The van der Waals surface area contributed by atoms with E-state index in [1.807, 2.05) is 12.3 Å². The second kappa shape index (κ2) is 7.82. The first kappa shape index (κ1) is 14.8. The molecule has 1 aromatic carbocycles. The molecule has 104 valence electrons. The topological polar surface area (TPSA) is 71.9 Å². The summed E-state index contributed by atoms with van der Waals surface area (Å²) < 4.78 is 11.0. The molecule has 0 bridgehead atoms. The molecule has 0 N–H and O–H groups in total. The molecule has 0 aliphatic rings. The van der Waals surface area contributed by atoms with E-state index in [1.165, 1.54) is 11.8 Å². The monoisotopic (exact) mass is 307 g/mol. The third-order valence-corrected chi connectivity index (χ3v) is 3.58.